The minimum atomic E-state index is 0. The maximum atomic E-state index is 12.5. The summed E-state index contributed by atoms with van der Waals surface area (Å²) in [5.74, 6) is 0.602. The Balaban J connectivity index is 0.00000176. The second-order valence-corrected chi connectivity index (χ2v) is 5.68. The van der Waals surface area contributed by atoms with E-state index in [4.69, 9.17) is 5.73 Å². The topological polar surface area (TPSA) is 46.3 Å². The zero-order valence-electron chi connectivity index (χ0n) is 12.4. The van der Waals surface area contributed by atoms with Crippen molar-refractivity contribution in [3.63, 3.8) is 0 Å². The molecule has 1 saturated heterocycles. The molecule has 2 N–H and O–H groups in total. The van der Waals surface area contributed by atoms with Crippen LogP contribution in [0, 0.1) is 5.92 Å². The molecule has 1 heterocycles. The van der Waals surface area contributed by atoms with Crippen LogP contribution in [0.3, 0.4) is 0 Å². The number of carbonyl (C=O) groups is 1. The maximum Gasteiger partial charge on any atom is 0.255 e. The van der Waals surface area contributed by atoms with Crippen LogP contribution in [0.2, 0.25) is 0 Å². The monoisotopic (exact) mass is 316 g/mol. The first kappa shape index (κ1) is 16.4. The number of benzene rings is 2. The Morgan fingerprint density at radius 1 is 1.09 bits per heavy atom. The van der Waals surface area contributed by atoms with Crippen molar-refractivity contribution in [1.29, 1.82) is 0 Å². The van der Waals surface area contributed by atoms with Gasteiger partial charge in [-0.3, -0.25) is 4.79 Å². The van der Waals surface area contributed by atoms with E-state index in [1.807, 2.05) is 29.2 Å². The number of nitrogens with zero attached hydrogens (tertiary/aromatic N) is 1. The fourth-order valence-electron chi connectivity index (χ4n) is 2.99. The highest BCUT2D eigenvalue weighted by Gasteiger charge is 2.27. The van der Waals surface area contributed by atoms with Gasteiger partial charge in [0, 0.05) is 18.8 Å². The molecule has 0 bridgehead atoms. The van der Waals surface area contributed by atoms with Crippen LogP contribution in [0.15, 0.2) is 54.6 Å². The molecule has 2 aromatic carbocycles. The molecule has 0 saturated carbocycles. The van der Waals surface area contributed by atoms with E-state index in [1.54, 1.807) is 6.07 Å². The van der Waals surface area contributed by atoms with Crippen LogP contribution < -0.4 is 5.73 Å². The van der Waals surface area contributed by atoms with Gasteiger partial charge in [-0.2, -0.15) is 0 Å². The number of anilines is 1. The highest BCUT2D eigenvalue weighted by atomic mass is 35.5. The van der Waals surface area contributed by atoms with Crippen molar-refractivity contribution >= 4 is 24.0 Å². The van der Waals surface area contributed by atoms with Gasteiger partial charge in [-0.25, -0.2) is 0 Å². The third-order valence-electron chi connectivity index (χ3n) is 4.13. The second-order valence-electron chi connectivity index (χ2n) is 5.68. The Kier molecular flexibility index (Phi) is 5.45. The molecule has 1 aliphatic rings. The Labute approximate surface area is 137 Å². The zero-order valence-corrected chi connectivity index (χ0v) is 13.3. The first-order chi connectivity index (χ1) is 10.2. The summed E-state index contributed by atoms with van der Waals surface area (Å²) in [6, 6.07) is 17.8. The summed E-state index contributed by atoms with van der Waals surface area (Å²) in [5, 5.41) is 0. The van der Waals surface area contributed by atoms with Gasteiger partial charge in [-0.1, -0.05) is 42.5 Å². The lowest BCUT2D eigenvalue weighted by molar-refractivity contribution is 0.0788. The number of para-hydroxylation sites is 1. The quantitative estimate of drug-likeness (QED) is 0.882. The molecule has 116 valence electrons. The first-order valence-electron chi connectivity index (χ1n) is 7.42. The van der Waals surface area contributed by atoms with Crippen molar-refractivity contribution in [2.45, 2.75) is 12.8 Å². The smallest absolute Gasteiger partial charge is 0.255 e. The van der Waals surface area contributed by atoms with Crippen molar-refractivity contribution in [1.82, 2.24) is 4.90 Å². The Hall–Kier alpha value is -2.00. The van der Waals surface area contributed by atoms with Crippen LogP contribution in [0.5, 0.6) is 0 Å². The molecular formula is C18H21ClN2O. The van der Waals surface area contributed by atoms with Gasteiger partial charge < -0.3 is 10.6 Å². The molecule has 3 rings (SSSR count). The van der Waals surface area contributed by atoms with Crippen LogP contribution in [0.1, 0.15) is 22.3 Å². The van der Waals surface area contributed by atoms with Crippen LogP contribution in [0.25, 0.3) is 0 Å². The molecular weight excluding hydrogens is 296 g/mol. The lowest BCUT2D eigenvalue weighted by Gasteiger charge is -2.17. The summed E-state index contributed by atoms with van der Waals surface area (Å²) >= 11 is 0. The number of likely N-dealkylation sites (tertiary alicyclic amines) is 1. The predicted molar refractivity (Wildman–Crippen MR) is 92.3 cm³/mol. The molecule has 0 spiro atoms. The number of hydrogen-bond donors (Lipinski definition) is 1. The molecule has 1 aliphatic heterocycles. The van der Waals surface area contributed by atoms with Crippen LogP contribution >= 0.6 is 12.4 Å². The van der Waals surface area contributed by atoms with E-state index in [0.717, 1.165) is 25.9 Å². The number of carbonyl (C=O) groups excluding carboxylic acids is 1. The lowest BCUT2D eigenvalue weighted by Crippen LogP contribution is -2.29. The molecule has 0 aromatic heterocycles. The van der Waals surface area contributed by atoms with Gasteiger partial charge >= 0.3 is 0 Å². The molecule has 2 aromatic rings. The van der Waals surface area contributed by atoms with Gasteiger partial charge in [-0.15, -0.1) is 12.4 Å². The van der Waals surface area contributed by atoms with Crippen molar-refractivity contribution in [3.05, 3.63) is 65.7 Å². The highest BCUT2D eigenvalue weighted by Crippen LogP contribution is 2.23. The molecule has 1 fully saturated rings. The standard InChI is InChI=1S/C18H20N2O.ClH/c19-17-9-5-4-8-16(17)18(21)20-11-10-15(13-20)12-14-6-2-1-3-7-14;/h1-9,15H,10-13,19H2;1H. The minimum Gasteiger partial charge on any atom is -0.398 e. The van der Waals surface area contributed by atoms with Crippen molar-refractivity contribution in [2.75, 3.05) is 18.8 Å². The molecule has 1 amide bonds. The van der Waals surface area contributed by atoms with E-state index in [2.05, 4.69) is 24.3 Å². The SMILES string of the molecule is Cl.Nc1ccccc1C(=O)N1CCC(Cc2ccccc2)C1. The first-order valence-corrected chi connectivity index (χ1v) is 7.42. The molecule has 22 heavy (non-hydrogen) atoms. The Morgan fingerprint density at radius 3 is 2.50 bits per heavy atom. The Bertz CT molecular complexity index is 630. The number of halogens is 1. The molecule has 3 nitrogen and oxygen atoms in total. The Morgan fingerprint density at radius 2 is 1.77 bits per heavy atom. The van der Waals surface area contributed by atoms with Gasteiger partial charge in [0.15, 0.2) is 0 Å². The fraction of sp³-hybridized carbons (Fsp3) is 0.278. The van der Waals surface area contributed by atoms with Crippen LogP contribution in [-0.2, 0) is 6.42 Å². The molecule has 0 aliphatic carbocycles. The summed E-state index contributed by atoms with van der Waals surface area (Å²) in [6.45, 7) is 1.65. The maximum absolute atomic E-state index is 12.5. The van der Waals surface area contributed by atoms with Crippen LogP contribution in [0.4, 0.5) is 5.69 Å². The average molecular weight is 317 g/mol. The van der Waals surface area contributed by atoms with Crippen molar-refractivity contribution in [3.8, 4) is 0 Å². The highest BCUT2D eigenvalue weighted by molar-refractivity contribution is 5.99. The van der Waals surface area contributed by atoms with Gasteiger partial charge in [-0.05, 0) is 36.5 Å². The molecule has 4 heteroatoms. The van der Waals surface area contributed by atoms with E-state index in [0.29, 0.717) is 17.2 Å². The summed E-state index contributed by atoms with van der Waals surface area (Å²) in [7, 11) is 0. The van der Waals surface area contributed by atoms with Crippen molar-refractivity contribution in [2.24, 2.45) is 5.92 Å². The van der Waals surface area contributed by atoms with E-state index in [-0.39, 0.29) is 18.3 Å². The van der Waals surface area contributed by atoms with Gasteiger partial charge in [0.2, 0.25) is 0 Å². The predicted octanol–water partition coefficient (Wildman–Crippen LogP) is 3.40. The number of rotatable bonds is 3. The third-order valence-corrected chi connectivity index (χ3v) is 4.13. The van der Waals surface area contributed by atoms with E-state index >= 15 is 0 Å². The zero-order chi connectivity index (χ0) is 14.7. The third kappa shape index (κ3) is 3.60. The number of nitrogens with two attached hydrogens (primary N) is 1. The fourth-order valence-corrected chi connectivity index (χ4v) is 2.99. The van der Waals surface area contributed by atoms with E-state index < -0.39 is 0 Å². The minimum absolute atomic E-state index is 0. The number of nitrogen functional groups attached to an aromatic ring is 1. The van der Waals surface area contributed by atoms with Gasteiger partial charge in [0.05, 0.1) is 5.56 Å². The average Bonchev–Trinajstić information content (AvgIpc) is 2.97. The summed E-state index contributed by atoms with van der Waals surface area (Å²) in [4.78, 5) is 14.4. The second kappa shape index (κ2) is 7.32. The largest absolute Gasteiger partial charge is 0.398 e. The number of amides is 1. The molecule has 0 radical (unpaired) electrons. The van der Waals surface area contributed by atoms with Crippen molar-refractivity contribution < 1.29 is 4.79 Å². The van der Waals surface area contributed by atoms with Crippen LogP contribution in [-0.4, -0.2) is 23.9 Å². The van der Waals surface area contributed by atoms with Gasteiger partial charge in [0.1, 0.15) is 0 Å². The number of hydrogen-bond acceptors (Lipinski definition) is 2. The van der Waals surface area contributed by atoms with E-state index in [9.17, 15) is 4.79 Å². The summed E-state index contributed by atoms with van der Waals surface area (Å²) < 4.78 is 0. The molecule has 1 unspecified atom stereocenters. The van der Waals surface area contributed by atoms with Gasteiger partial charge in [0.25, 0.3) is 5.91 Å². The summed E-state index contributed by atoms with van der Waals surface area (Å²) in [6.07, 6.45) is 2.10. The molecule has 1 atom stereocenters. The normalized spacial score (nSPS) is 17.1. The lowest BCUT2D eigenvalue weighted by atomic mass is 9.99. The summed E-state index contributed by atoms with van der Waals surface area (Å²) in [5.41, 5.74) is 8.43. The van der Waals surface area contributed by atoms with E-state index in [1.165, 1.54) is 5.56 Å².